The molecule has 1 aliphatic carbocycles. The molecule has 1 saturated carbocycles. The number of hydrogen-bond donors (Lipinski definition) is 1. The average Bonchev–Trinajstić information content (AvgIpc) is 3.15. The summed E-state index contributed by atoms with van der Waals surface area (Å²) in [5.74, 6) is 0.238. The molecule has 1 N–H and O–H groups in total. The zero-order valence-corrected chi connectivity index (χ0v) is 15.6. The number of urea groups is 1. The molecule has 0 atom stereocenters. The smallest absolute Gasteiger partial charge is 0.418 e. The van der Waals surface area contributed by atoms with Crippen LogP contribution in [0.5, 0.6) is 0 Å². The Balaban J connectivity index is 2.12. The lowest BCUT2D eigenvalue weighted by Crippen LogP contribution is -2.44. The molecule has 0 aliphatic heterocycles. The number of aromatic nitrogens is 2. The normalized spacial score (nSPS) is 14.4. The number of imide groups is 1. The van der Waals surface area contributed by atoms with E-state index in [4.69, 9.17) is 4.74 Å². The number of carbonyl (C=O) groups excluding carboxylic acids is 2. The predicted octanol–water partition coefficient (Wildman–Crippen LogP) is 3.93. The van der Waals surface area contributed by atoms with Gasteiger partial charge in [0.25, 0.3) is 0 Å². The fourth-order valence-corrected chi connectivity index (χ4v) is 2.54. The summed E-state index contributed by atoms with van der Waals surface area (Å²) in [6.45, 7) is 5.26. The summed E-state index contributed by atoms with van der Waals surface area (Å²) in [6.07, 6.45) is 2.35. The van der Waals surface area contributed by atoms with Gasteiger partial charge in [-0.05, 0) is 65.5 Å². The molecule has 7 nitrogen and oxygen atoms in total. The van der Waals surface area contributed by atoms with Gasteiger partial charge in [0.1, 0.15) is 14.8 Å². The zero-order chi connectivity index (χ0) is 16.5. The van der Waals surface area contributed by atoms with Crippen LogP contribution in [0.4, 0.5) is 15.4 Å². The lowest BCUT2D eigenvalue weighted by Gasteiger charge is -2.26. The lowest BCUT2D eigenvalue weighted by atomic mass is 10.2. The predicted molar refractivity (Wildman–Crippen MR) is 87.5 cm³/mol. The second-order valence-electron chi connectivity index (χ2n) is 5.84. The van der Waals surface area contributed by atoms with Crippen molar-refractivity contribution in [2.24, 2.45) is 0 Å². The minimum atomic E-state index is -0.664. The summed E-state index contributed by atoms with van der Waals surface area (Å²) >= 11 is 6.39. The number of halogens is 2. The van der Waals surface area contributed by atoms with Crippen molar-refractivity contribution in [1.29, 1.82) is 0 Å². The maximum atomic E-state index is 12.4. The van der Waals surface area contributed by atoms with Crippen molar-refractivity contribution >= 4 is 49.8 Å². The fourth-order valence-electron chi connectivity index (χ4n) is 1.63. The molecule has 0 radical (unpaired) electrons. The van der Waals surface area contributed by atoms with Crippen LogP contribution in [0.15, 0.2) is 15.4 Å². The van der Waals surface area contributed by atoms with Gasteiger partial charge >= 0.3 is 12.1 Å². The maximum absolute atomic E-state index is 12.4. The van der Waals surface area contributed by atoms with E-state index < -0.39 is 17.7 Å². The molecule has 3 amide bonds. The second-order valence-corrected chi connectivity index (χ2v) is 7.41. The van der Waals surface area contributed by atoms with Gasteiger partial charge in [-0.1, -0.05) is 0 Å². The molecule has 1 heterocycles. The molecule has 2 rings (SSSR count). The largest absolute Gasteiger partial charge is 0.443 e. The summed E-state index contributed by atoms with van der Waals surface area (Å²) in [4.78, 5) is 33.8. The molecule has 22 heavy (non-hydrogen) atoms. The average molecular weight is 436 g/mol. The van der Waals surface area contributed by atoms with Crippen LogP contribution in [0.3, 0.4) is 0 Å². The van der Waals surface area contributed by atoms with E-state index in [2.05, 4.69) is 47.1 Å². The number of rotatable bonds is 2. The van der Waals surface area contributed by atoms with Crippen molar-refractivity contribution in [3.05, 3.63) is 15.4 Å². The van der Waals surface area contributed by atoms with Crippen LogP contribution in [0.25, 0.3) is 0 Å². The zero-order valence-electron chi connectivity index (χ0n) is 12.4. The highest BCUT2D eigenvalue weighted by atomic mass is 79.9. The molecule has 0 saturated heterocycles. The Morgan fingerprint density at radius 3 is 2.50 bits per heavy atom. The quantitative estimate of drug-likeness (QED) is 0.760. The van der Waals surface area contributed by atoms with E-state index in [0.717, 1.165) is 17.7 Å². The molecule has 0 bridgehead atoms. The monoisotopic (exact) mass is 434 g/mol. The van der Waals surface area contributed by atoms with Crippen molar-refractivity contribution in [2.75, 3.05) is 5.32 Å². The Morgan fingerprint density at radius 1 is 1.36 bits per heavy atom. The van der Waals surface area contributed by atoms with Gasteiger partial charge in [-0.15, -0.1) is 0 Å². The summed E-state index contributed by atoms with van der Waals surface area (Å²) in [6, 6.07) is -0.703. The standard InChI is InChI=1S/C13H16Br2N4O3/c1-13(2,3)22-12(21)19(7-4-5-7)11(20)18-10-9(15)17-8(14)6-16-10/h6-7H,4-5H2,1-3H3,(H,16,18,20). The van der Waals surface area contributed by atoms with E-state index in [9.17, 15) is 9.59 Å². The van der Waals surface area contributed by atoms with Crippen LogP contribution in [0, 0.1) is 0 Å². The Bertz CT molecular complexity index is 599. The van der Waals surface area contributed by atoms with Gasteiger partial charge in [-0.2, -0.15) is 0 Å². The van der Waals surface area contributed by atoms with Gasteiger partial charge in [-0.3, -0.25) is 5.32 Å². The maximum Gasteiger partial charge on any atom is 0.418 e. The van der Waals surface area contributed by atoms with E-state index in [0.29, 0.717) is 9.21 Å². The van der Waals surface area contributed by atoms with Crippen LogP contribution in [-0.4, -0.2) is 38.6 Å². The number of anilines is 1. The Kier molecular flexibility index (Phi) is 5.06. The van der Waals surface area contributed by atoms with Gasteiger partial charge < -0.3 is 4.74 Å². The number of ether oxygens (including phenoxy) is 1. The Labute approximate surface area is 145 Å². The highest BCUT2D eigenvalue weighted by Crippen LogP contribution is 2.29. The number of nitrogens with one attached hydrogen (secondary N) is 1. The van der Waals surface area contributed by atoms with Crippen molar-refractivity contribution in [3.63, 3.8) is 0 Å². The van der Waals surface area contributed by atoms with Gasteiger partial charge in [0.2, 0.25) is 0 Å². The van der Waals surface area contributed by atoms with Crippen LogP contribution in [0.1, 0.15) is 33.6 Å². The van der Waals surface area contributed by atoms with Crippen LogP contribution < -0.4 is 5.32 Å². The van der Waals surface area contributed by atoms with Gasteiger partial charge in [0, 0.05) is 6.04 Å². The number of nitrogens with zero attached hydrogens (tertiary/aromatic N) is 3. The van der Waals surface area contributed by atoms with E-state index in [-0.39, 0.29) is 11.9 Å². The molecule has 0 aromatic carbocycles. The summed E-state index contributed by atoms with van der Waals surface area (Å²) in [7, 11) is 0. The topological polar surface area (TPSA) is 84.4 Å². The number of carbonyl (C=O) groups is 2. The minimum Gasteiger partial charge on any atom is -0.443 e. The highest BCUT2D eigenvalue weighted by Gasteiger charge is 2.40. The summed E-state index contributed by atoms with van der Waals surface area (Å²) in [5.41, 5.74) is -0.664. The highest BCUT2D eigenvalue weighted by molar-refractivity contribution is 9.11. The molecule has 0 unspecified atom stereocenters. The van der Waals surface area contributed by atoms with E-state index in [1.165, 1.54) is 6.20 Å². The molecular weight excluding hydrogens is 420 g/mol. The van der Waals surface area contributed by atoms with E-state index in [1.807, 2.05) is 0 Å². The van der Waals surface area contributed by atoms with Crippen LogP contribution >= 0.6 is 31.9 Å². The van der Waals surface area contributed by atoms with E-state index in [1.54, 1.807) is 20.8 Å². The summed E-state index contributed by atoms with van der Waals surface area (Å²) < 4.78 is 6.18. The first kappa shape index (κ1) is 17.1. The summed E-state index contributed by atoms with van der Waals surface area (Å²) in [5, 5.41) is 2.57. The van der Waals surface area contributed by atoms with Crippen molar-refractivity contribution in [1.82, 2.24) is 14.9 Å². The second kappa shape index (κ2) is 6.49. The Hall–Kier alpha value is -1.22. The lowest BCUT2D eigenvalue weighted by molar-refractivity contribution is 0.0321. The van der Waals surface area contributed by atoms with Gasteiger partial charge in [-0.25, -0.2) is 24.5 Å². The van der Waals surface area contributed by atoms with Gasteiger partial charge in [0.05, 0.1) is 6.20 Å². The fraction of sp³-hybridized carbons (Fsp3) is 0.538. The third-order valence-corrected chi connectivity index (χ3v) is 3.58. The minimum absolute atomic E-state index is 0.128. The molecule has 1 fully saturated rings. The van der Waals surface area contributed by atoms with Gasteiger partial charge in [0.15, 0.2) is 5.82 Å². The Morgan fingerprint density at radius 2 is 2.00 bits per heavy atom. The number of amides is 3. The van der Waals surface area contributed by atoms with Crippen molar-refractivity contribution < 1.29 is 14.3 Å². The molecule has 9 heteroatoms. The molecule has 0 spiro atoms. The van der Waals surface area contributed by atoms with E-state index >= 15 is 0 Å². The first-order valence-electron chi connectivity index (χ1n) is 6.68. The molecule has 1 aromatic heterocycles. The van der Waals surface area contributed by atoms with Crippen LogP contribution in [0.2, 0.25) is 0 Å². The molecule has 120 valence electrons. The third kappa shape index (κ3) is 4.64. The number of hydrogen-bond acceptors (Lipinski definition) is 5. The molecular formula is C13H16Br2N4O3. The third-order valence-electron chi connectivity index (χ3n) is 2.65. The first-order chi connectivity index (χ1) is 10.2. The SMILES string of the molecule is CC(C)(C)OC(=O)N(C(=O)Nc1ncc(Br)nc1Br)C1CC1. The van der Waals surface area contributed by atoms with Crippen LogP contribution in [-0.2, 0) is 4.74 Å². The molecule has 1 aromatic rings. The molecule has 1 aliphatic rings. The first-order valence-corrected chi connectivity index (χ1v) is 8.27. The van der Waals surface area contributed by atoms with Crippen molar-refractivity contribution in [2.45, 2.75) is 45.3 Å². The van der Waals surface area contributed by atoms with Crippen molar-refractivity contribution in [3.8, 4) is 0 Å².